The van der Waals surface area contributed by atoms with E-state index in [0.29, 0.717) is 0 Å². The van der Waals surface area contributed by atoms with E-state index in [1.54, 1.807) is 0 Å². The van der Waals surface area contributed by atoms with E-state index in [1.807, 2.05) is 18.2 Å². The van der Waals surface area contributed by atoms with E-state index in [1.165, 1.54) is 65.7 Å². The third kappa shape index (κ3) is 5.67. The summed E-state index contributed by atoms with van der Waals surface area (Å²) in [4.78, 5) is 2.26. The quantitative estimate of drug-likeness (QED) is 0.186. The van der Waals surface area contributed by atoms with Crippen molar-refractivity contribution in [2.45, 2.75) is 6.17 Å². The van der Waals surface area contributed by atoms with Crippen LogP contribution in [0.25, 0.3) is 65.7 Å². The van der Waals surface area contributed by atoms with Gasteiger partial charge in [-0.1, -0.05) is 158 Å². The number of rotatable bonds is 5. The Balaban J connectivity index is 1.21. The smallest absolute Gasteiger partial charge is 0.129 e. The lowest BCUT2D eigenvalue weighted by Gasteiger charge is -2.33. The number of allylic oxidation sites excluding steroid dienone is 3. The summed E-state index contributed by atoms with van der Waals surface area (Å²) in [5.41, 5.74) is 10.5. The zero-order valence-electron chi connectivity index (χ0n) is 28.2. The molecule has 51 heavy (non-hydrogen) atoms. The average Bonchev–Trinajstić information content (AvgIpc) is 3.18. The first-order valence-corrected chi connectivity index (χ1v) is 17.5. The number of nitrogens with one attached hydrogen (secondary N) is 1. The SMILES string of the molecule is C=C1/C=C\C=C/N(c2ccccc2)C(c2ccc(-c3ccc4c(-c5ccccc5)c5ccccc5c(-c5ccc6ccccc6c5)c4c3)cc2)N1. The maximum absolute atomic E-state index is 4.26. The van der Waals surface area contributed by atoms with Crippen molar-refractivity contribution in [3.8, 4) is 33.4 Å². The fourth-order valence-electron chi connectivity index (χ4n) is 7.56. The van der Waals surface area contributed by atoms with Crippen LogP contribution in [-0.2, 0) is 0 Å². The molecule has 1 atom stereocenters. The highest BCUT2D eigenvalue weighted by molar-refractivity contribution is 6.22. The second-order valence-corrected chi connectivity index (χ2v) is 13.1. The summed E-state index contributed by atoms with van der Waals surface area (Å²) >= 11 is 0. The van der Waals surface area contributed by atoms with E-state index in [-0.39, 0.29) is 6.17 Å². The minimum atomic E-state index is -0.119. The van der Waals surface area contributed by atoms with Crippen molar-refractivity contribution in [2.24, 2.45) is 0 Å². The Morgan fingerprint density at radius 3 is 1.82 bits per heavy atom. The molecule has 1 aliphatic heterocycles. The highest BCUT2D eigenvalue weighted by atomic mass is 15.3. The van der Waals surface area contributed by atoms with Gasteiger partial charge in [0.25, 0.3) is 0 Å². The van der Waals surface area contributed by atoms with Crippen molar-refractivity contribution >= 4 is 38.0 Å². The highest BCUT2D eigenvalue weighted by Crippen LogP contribution is 2.45. The summed E-state index contributed by atoms with van der Waals surface area (Å²) in [6, 6.07) is 61.6. The van der Waals surface area contributed by atoms with E-state index in [9.17, 15) is 0 Å². The van der Waals surface area contributed by atoms with E-state index in [2.05, 4.69) is 193 Å². The third-order valence-corrected chi connectivity index (χ3v) is 9.99. The Kier molecular flexibility index (Phi) is 7.75. The molecule has 0 amide bonds. The molecule has 0 saturated carbocycles. The summed E-state index contributed by atoms with van der Waals surface area (Å²) in [7, 11) is 0. The van der Waals surface area contributed by atoms with Crippen molar-refractivity contribution < 1.29 is 0 Å². The molecule has 1 heterocycles. The topological polar surface area (TPSA) is 15.3 Å². The van der Waals surface area contributed by atoms with E-state index < -0.39 is 0 Å². The van der Waals surface area contributed by atoms with Crippen LogP contribution >= 0.6 is 0 Å². The van der Waals surface area contributed by atoms with Crippen molar-refractivity contribution in [3.05, 3.63) is 212 Å². The lowest BCUT2D eigenvalue weighted by atomic mass is 9.84. The number of benzene rings is 8. The van der Waals surface area contributed by atoms with Crippen molar-refractivity contribution in [2.75, 3.05) is 4.90 Å². The molecule has 1 unspecified atom stereocenters. The second kappa shape index (κ2) is 13.0. The summed E-state index contributed by atoms with van der Waals surface area (Å²) in [5.74, 6) is 0. The third-order valence-electron chi connectivity index (χ3n) is 9.99. The fourth-order valence-corrected chi connectivity index (χ4v) is 7.56. The van der Waals surface area contributed by atoms with Gasteiger partial charge >= 0.3 is 0 Å². The standard InChI is InChI=1S/C49H36N2/c1-34-14-12-13-31-51(42-19-6-3-7-20-42)49(50-34)38-26-23-36(24-27-38)40-29-30-45-46(33-40)48(41-28-25-35-15-8-9-18-39(35)32-41)44-22-11-10-21-43(44)47(45)37-16-4-2-5-17-37/h2-33,49-50H,1H2/b14-12-,31-13-. The molecule has 0 radical (unpaired) electrons. The summed E-state index contributed by atoms with van der Waals surface area (Å²) in [5, 5.41) is 11.1. The number of para-hydroxylation sites is 1. The van der Waals surface area contributed by atoms with Gasteiger partial charge in [0.15, 0.2) is 0 Å². The van der Waals surface area contributed by atoms with Crippen LogP contribution in [0.15, 0.2) is 207 Å². The molecule has 242 valence electrons. The molecule has 0 aromatic heterocycles. The van der Waals surface area contributed by atoms with Gasteiger partial charge in [0.2, 0.25) is 0 Å². The Labute approximate surface area is 298 Å². The van der Waals surface area contributed by atoms with Crippen LogP contribution in [0.5, 0.6) is 0 Å². The number of fused-ring (bicyclic) bond motifs is 3. The Morgan fingerprint density at radius 1 is 0.451 bits per heavy atom. The molecule has 8 aromatic rings. The van der Waals surface area contributed by atoms with Crippen LogP contribution in [0.1, 0.15) is 11.7 Å². The zero-order chi connectivity index (χ0) is 34.1. The zero-order valence-corrected chi connectivity index (χ0v) is 28.2. The van der Waals surface area contributed by atoms with E-state index in [0.717, 1.165) is 16.9 Å². The van der Waals surface area contributed by atoms with Gasteiger partial charge < -0.3 is 10.2 Å². The molecule has 0 aliphatic carbocycles. The lowest BCUT2D eigenvalue weighted by molar-refractivity contribution is 0.610. The van der Waals surface area contributed by atoms with Gasteiger partial charge in [-0.2, -0.15) is 0 Å². The maximum Gasteiger partial charge on any atom is 0.129 e. The number of hydrogen-bond acceptors (Lipinski definition) is 2. The highest BCUT2D eigenvalue weighted by Gasteiger charge is 2.21. The van der Waals surface area contributed by atoms with Crippen LogP contribution in [0.3, 0.4) is 0 Å². The molecular weight excluding hydrogens is 617 g/mol. The van der Waals surface area contributed by atoms with Crippen molar-refractivity contribution in [3.63, 3.8) is 0 Å². The first-order chi connectivity index (χ1) is 25.2. The molecule has 0 fully saturated rings. The predicted octanol–water partition coefficient (Wildman–Crippen LogP) is 12.8. The fraction of sp³-hybridized carbons (Fsp3) is 0.0204. The second-order valence-electron chi connectivity index (χ2n) is 13.1. The summed E-state index contributed by atoms with van der Waals surface area (Å²) in [6.07, 6.45) is 8.09. The molecule has 9 rings (SSSR count). The largest absolute Gasteiger partial charge is 0.362 e. The Hall–Kier alpha value is -6.64. The monoisotopic (exact) mass is 652 g/mol. The average molecular weight is 653 g/mol. The molecule has 0 saturated heterocycles. The van der Waals surface area contributed by atoms with Gasteiger partial charge in [-0.05, 0) is 108 Å². The molecule has 0 spiro atoms. The molecular formula is C49H36N2. The van der Waals surface area contributed by atoms with Crippen LogP contribution in [0.2, 0.25) is 0 Å². The summed E-state index contributed by atoms with van der Waals surface area (Å²) in [6.45, 7) is 4.26. The van der Waals surface area contributed by atoms with Gasteiger partial charge in [-0.15, -0.1) is 0 Å². The Morgan fingerprint density at radius 2 is 1.06 bits per heavy atom. The predicted molar refractivity (Wildman–Crippen MR) is 217 cm³/mol. The molecule has 1 aliphatic rings. The first-order valence-electron chi connectivity index (χ1n) is 17.5. The van der Waals surface area contributed by atoms with E-state index >= 15 is 0 Å². The van der Waals surface area contributed by atoms with Crippen molar-refractivity contribution in [1.82, 2.24) is 5.32 Å². The molecule has 0 bridgehead atoms. The molecule has 8 aromatic carbocycles. The van der Waals surface area contributed by atoms with Crippen molar-refractivity contribution in [1.29, 1.82) is 0 Å². The first kappa shape index (κ1) is 30.4. The minimum Gasteiger partial charge on any atom is -0.362 e. The number of nitrogens with zero attached hydrogens (tertiary/aromatic N) is 1. The van der Waals surface area contributed by atoms with Crippen LogP contribution < -0.4 is 10.2 Å². The van der Waals surface area contributed by atoms with Gasteiger partial charge in [-0.25, -0.2) is 0 Å². The van der Waals surface area contributed by atoms with Crippen LogP contribution in [0.4, 0.5) is 5.69 Å². The number of hydrogen-bond donors (Lipinski definition) is 1. The van der Waals surface area contributed by atoms with Gasteiger partial charge in [0.1, 0.15) is 6.17 Å². The van der Waals surface area contributed by atoms with Crippen LogP contribution in [-0.4, -0.2) is 0 Å². The number of anilines is 1. The normalized spacial score (nSPS) is 15.7. The van der Waals surface area contributed by atoms with Gasteiger partial charge in [-0.3, -0.25) is 0 Å². The maximum atomic E-state index is 4.26. The minimum absolute atomic E-state index is 0.119. The van der Waals surface area contributed by atoms with Crippen LogP contribution in [0, 0.1) is 0 Å². The molecule has 1 N–H and O–H groups in total. The molecule has 2 nitrogen and oxygen atoms in total. The summed E-state index contributed by atoms with van der Waals surface area (Å²) < 4.78 is 0. The Bertz CT molecular complexity index is 2620. The lowest BCUT2D eigenvalue weighted by Crippen LogP contribution is -2.34. The molecule has 2 heteroatoms. The van der Waals surface area contributed by atoms with E-state index in [4.69, 9.17) is 0 Å². The van der Waals surface area contributed by atoms with Gasteiger partial charge in [0.05, 0.1) is 0 Å². The van der Waals surface area contributed by atoms with Gasteiger partial charge in [0, 0.05) is 17.6 Å².